The molecule has 0 saturated carbocycles. The number of anilines is 1. The van der Waals surface area contributed by atoms with Crippen LogP contribution in [0.1, 0.15) is 35.2 Å². The van der Waals surface area contributed by atoms with Gasteiger partial charge in [0.15, 0.2) is 0 Å². The lowest BCUT2D eigenvalue weighted by Crippen LogP contribution is -2.00. The first-order valence-corrected chi connectivity index (χ1v) is 8.12. The second-order valence-electron chi connectivity index (χ2n) is 6.12. The van der Waals surface area contributed by atoms with Crippen LogP contribution in [0, 0.1) is 13.8 Å². The molecular formula is C20H22N4O. The summed E-state index contributed by atoms with van der Waals surface area (Å²) in [5.41, 5.74) is 12.5. The molecule has 25 heavy (non-hydrogen) atoms. The molecule has 0 aliphatic rings. The van der Waals surface area contributed by atoms with Crippen LogP contribution in [0.2, 0.25) is 0 Å². The molecule has 3 rings (SSSR count). The van der Waals surface area contributed by atoms with Crippen molar-refractivity contribution in [2.45, 2.75) is 27.3 Å². The van der Waals surface area contributed by atoms with E-state index in [4.69, 9.17) is 10.3 Å². The quantitative estimate of drug-likeness (QED) is 0.692. The monoisotopic (exact) mass is 334 g/mol. The van der Waals surface area contributed by atoms with Crippen LogP contribution in [0.5, 0.6) is 0 Å². The Morgan fingerprint density at radius 2 is 2.04 bits per heavy atom. The Labute approximate surface area is 147 Å². The number of allylic oxidation sites excluding steroid dienone is 1. The molecule has 2 aromatic heterocycles. The number of rotatable bonds is 5. The number of aliphatic imine (C=N–C) groups is 1. The topological polar surface area (TPSA) is 69.3 Å². The molecule has 0 unspecified atom stereocenters. The van der Waals surface area contributed by atoms with Gasteiger partial charge < -0.3 is 14.8 Å². The molecule has 0 saturated heterocycles. The number of hydrogen-bond acceptors (Lipinski definition) is 4. The highest BCUT2D eigenvalue weighted by Gasteiger charge is 2.15. The fraction of sp³-hybridized carbons (Fsp3) is 0.200. The second kappa shape index (κ2) is 6.81. The van der Waals surface area contributed by atoms with E-state index in [2.05, 4.69) is 39.6 Å². The first kappa shape index (κ1) is 16.8. The maximum atomic E-state index is 6.15. The third-order valence-corrected chi connectivity index (χ3v) is 4.26. The lowest BCUT2D eigenvalue weighted by atomic mass is 10.0. The molecule has 0 bridgehead atoms. The first-order chi connectivity index (χ1) is 12.0. The van der Waals surface area contributed by atoms with Crippen molar-refractivity contribution >= 4 is 29.7 Å². The number of nitrogen functional groups attached to an aromatic ring is 1. The van der Waals surface area contributed by atoms with Crippen molar-refractivity contribution in [3.8, 4) is 0 Å². The van der Waals surface area contributed by atoms with Crippen LogP contribution < -0.4 is 5.73 Å². The molecule has 1 aromatic carbocycles. The van der Waals surface area contributed by atoms with Gasteiger partial charge >= 0.3 is 0 Å². The van der Waals surface area contributed by atoms with Gasteiger partial charge in [0, 0.05) is 18.3 Å². The van der Waals surface area contributed by atoms with E-state index in [0.29, 0.717) is 17.9 Å². The molecule has 2 heterocycles. The second-order valence-corrected chi connectivity index (χ2v) is 6.12. The maximum Gasteiger partial charge on any atom is 0.141 e. The Bertz CT molecular complexity index is 913. The molecule has 0 radical (unpaired) electrons. The highest BCUT2D eigenvalue weighted by molar-refractivity contribution is 5.87. The first-order valence-electron chi connectivity index (χ1n) is 8.12. The van der Waals surface area contributed by atoms with Crippen molar-refractivity contribution in [2.75, 3.05) is 5.73 Å². The summed E-state index contributed by atoms with van der Waals surface area (Å²) >= 11 is 0. The Balaban J connectivity index is 2.08. The van der Waals surface area contributed by atoms with E-state index in [1.807, 2.05) is 45.2 Å². The summed E-state index contributed by atoms with van der Waals surface area (Å²) in [6, 6.07) is 10.2. The Morgan fingerprint density at radius 1 is 1.32 bits per heavy atom. The third kappa shape index (κ3) is 3.26. The van der Waals surface area contributed by atoms with Gasteiger partial charge in [0.25, 0.3) is 0 Å². The average Bonchev–Trinajstić information content (AvgIpc) is 3.07. The van der Waals surface area contributed by atoms with Gasteiger partial charge in [0.1, 0.15) is 11.4 Å². The Hall–Kier alpha value is -3.08. The van der Waals surface area contributed by atoms with Crippen LogP contribution in [0.4, 0.5) is 11.4 Å². The van der Waals surface area contributed by atoms with Gasteiger partial charge in [-0.2, -0.15) is 0 Å². The normalized spacial score (nSPS) is 11.7. The summed E-state index contributed by atoms with van der Waals surface area (Å²) in [4.78, 5) is 4.13. The summed E-state index contributed by atoms with van der Waals surface area (Å²) in [6.07, 6.45) is 3.97. The fourth-order valence-corrected chi connectivity index (χ4v) is 3.14. The lowest BCUT2D eigenvalue weighted by Gasteiger charge is -2.09. The zero-order valence-electron chi connectivity index (χ0n) is 14.8. The van der Waals surface area contributed by atoms with E-state index in [9.17, 15) is 0 Å². The summed E-state index contributed by atoms with van der Waals surface area (Å²) in [5, 5.41) is 4.03. The molecule has 2 N–H and O–H groups in total. The van der Waals surface area contributed by atoms with Gasteiger partial charge in [-0.15, -0.1) is 0 Å². The predicted molar refractivity (Wildman–Crippen MR) is 103 cm³/mol. The van der Waals surface area contributed by atoms with E-state index in [0.717, 1.165) is 28.3 Å². The van der Waals surface area contributed by atoms with Gasteiger partial charge in [-0.3, -0.25) is 4.99 Å². The van der Waals surface area contributed by atoms with Crippen molar-refractivity contribution in [1.29, 1.82) is 0 Å². The van der Waals surface area contributed by atoms with Crippen molar-refractivity contribution < 1.29 is 4.52 Å². The van der Waals surface area contributed by atoms with E-state index >= 15 is 0 Å². The highest BCUT2D eigenvalue weighted by atomic mass is 16.5. The third-order valence-electron chi connectivity index (χ3n) is 4.26. The highest BCUT2D eigenvalue weighted by Crippen LogP contribution is 2.33. The number of nitrogens with zero attached hydrogens (tertiary/aromatic N) is 3. The molecule has 5 nitrogen and oxygen atoms in total. The van der Waals surface area contributed by atoms with Gasteiger partial charge in [-0.1, -0.05) is 35.5 Å². The fourth-order valence-electron chi connectivity index (χ4n) is 3.14. The number of aryl methyl sites for hydroxylation is 2. The summed E-state index contributed by atoms with van der Waals surface area (Å²) < 4.78 is 7.38. The van der Waals surface area contributed by atoms with Crippen LogP contribution in [0.15, 0.2) is 46.0 Å². The molecule has 0 atom stereocenters. The van der Waals surface area contributed by atoms with E-state index in [1.54, 1.807) is 0 Å². The SMILES string of the molecule is C=Nc1c(N)cn(Cc2ccccc2)c1/C=C(\C)c1c(C)noc1C. The van der Waals surface area contributed by atoms with Crippen molar-refractivity contribution in [1.82, 2.24) is 9.72 Å². The van der Waals surface area contributed by atoms with Gasteiger partial charge in [0.05, 0.1) is 17.1 Å². The predicted octanol–water partition coefficient (Wildman–Crippen LogP) is 4.62. The van der Waals surface area contributed by atoms with Gasteiger partial charge in [0.2, 0.25) is 0 Å². The minimum absolute atomic E-state index is 0.615. The van der Waals surface area contributed by atoms with Crippen LogP contribution in [-0.2, 0) is 6.54 Å². The Morgan fingerprint density at radius 3 is 2.64 bits per heavy atom. The van der Waals surface area contributed by atoms with Crippen LogP contribution in [-0.4, -0.2) is 16.4 Å². The molecule has 0 aliphatic carbocycles. The van der Waals surface area contributed by atoms with Crippen LogP contribution in [0.3, 0.4) is 0 Å². The average molecular weight is 334 g/mol. The van der Waals surface area contributed by atoms with E-state index in [1.165, 1.54) is 5.56 Å². The summed E-state index contributed by atoms with van der Waals surface area (Å²) in [5.74, 6) is 0.800. The molecule has 128 valence electrons. The molecule has 0 amide bonds. The number of aromatic nitrogens is 2. The molecule has 0 fully saturated rings. The smallest absolute Gasteiger partial charge is 0.141 e. The van der Waals surface area contributed by atoms with E-state index in [-0.39, 0.29) is 0 Å². The molecule has 3 aromatic rings. The summed E-state index contributed by atoms with van der Waals surface area (Å²) in [6.45, 7) is 10.3. The Kier molecular flexibility index (Phi) is 4.57. The zero-order valence-corrected chi connectivity index (χ0v) is 14.8. The molecular weight excluding hydrogens is 312 g/mol. The van der Waals surface area contributed by atoms with Crippen molar-refractivity contribution in [3.63, 3.8) is 0 Å². The lowest BCUT2D eigenvalue weighted by molar-refractivity contribution is 0.393. The number of nitrogens with two attached hydrogens (primary N) is 1. The van der Waals surface area contributed by atoms with Crippen molar-refractivity contribution in [2.24, 2.45) is 4.99 Å². The number of hydrogen-bond donors (Lipinski definition) is 1. The van der Waals surface area contributed by atoms with Crippen molar-refractivity contribution in [3.05, 3.63) is 64.8 Å². The van der Waals surface area contributed by atoms with E-state index < -0.39 is 0 Å². The number of benzene rings is 1. The zero-order chi connectivity index (χ0) is 18.0. The minimum Gasteiger partial charge on any atom is -0.396 e. The molecule has 5 heteroatoms. The summed E-state index contributed by atoms with van der Waals surface area (Å²) in [7, 11) is 0. The van der Waals surface area contributed by atoms with Gasteiger partial charge in [-0.05, 0) is 44.7 Å². The van der Waals surface area contributed by atoms with Crippen LogP contribution in [0.25, 0.3) is 11.6 Å². The standard InChI is InChI=1S/C20H22N4O/c1-13(19-14(2)23-25-15(19)3)10-18-20(22-4)17(21)12-24(18)11-16-8-6-5-7-9-16/h5-10,12H,4,11,21H2,1-3H3/b13-10+. The largest absolute Gasteiger partial charge is 0.396 e. The molecule has 0 aliphatic heterocycles. The molecule has 0 spiro atoms. The maximum absolute atomic E-state index is 6.15. The minimum atomic E-state index is 0.615. The van der Waals surface area contributed by atoms with Crippen LogP contribution >= 0.6 is 0 Å². The van der Waals surface area contributed by atoms with Gasteiger partial charge in [-0.25, -0.2) is 0 Å².